The Kier molecular flexibility index (Phi) is 5.29. The lowest BCUT2D eigenvalue weighted by Gasteiger charge is -2.12. The predicted octanol–water partition coefficient (Wildman–Crippen LogP) is 2.30. The second kappa shape index (κ2) is 6.99. The van der Waals surface area contributed by atoms with Crippen molar-refractivity contribution in [2.75, 3.05) is 5.32 Å². The number of carbonyl (C=O) groups excluding carboxylic acids is 1. The van der Waals surface area contributed by atoms with E-state index in [4.69, 9.17) is 0 Å². The van der Waals surface area contributed by atoms with E-state index in [1.807, 2.05) is 27.8 Å². The van der Waals surface area contributed by atoms with Gasteiger partial charge in [-0.1, -0.05) is 43.9 Å². The molecule has 21 heavy (non-hydrogen) atoms. The summed E-state index contributed by atoms with van der Waals surface area (Å²) >= 11 is 2.81. The van der Waals surface area contributed by atoms with E-state index in [0.717, 1.165) is 10.2 Å². The average molecular weight is 326 g/mol. The van der Waals surface area contributed by atoms with E-state index in [-0.39, 0.29) is 11.2 Å². The highest BCUT2D eigenvalue weighted by Gasteiger charge is 2.21. The van der Waals surface area contributed by atoms with Crippen LogP contribution in [-0.4, -0.2) is 36.1 Å². The number of amides is 1. The van der Waals surface area contributed by atoms with Crippen molar-refractivity contribution < 1.29 is 4.79 Å². The molecule has 0 saturated heterocycles. The predicted molar refractivity (Wildman–Crippen MR) is 83.6 cm³/mol. The highest BCUT2D eigenvalue weighted by Crippen LogP contribution is 2.26. The molecule has 0 fully saturated rings. The second-order valence-electron chi connectivity index (χ2n) is 4.83. The number of aryl methyl sites for hydroxylation is 1. The summed E-state index contributed by atoms with van der Waals surface area (Å²) in [7, 11) is 1.85. The van der Waals surface area contributed by atoms with E-state index in [2.05, 4.69) is 25.7 Å². The summed E-state index contributed by atoms with van der Waals surface area (Å²) in [4.78, 5) is 12.3. The molecule has 0 aliphatic carbocycles. The molecule has 0 saturated carbocycles. The van der Waals surface area contributed by atoms with Crippen LogP contribution in [-0.2, 0) is 11.8 Å². The molecule has 9 heteroatoms. The molecule has 1 N–H and O–H groups in total. The van der Waals surface area contributed by atoms with Gasteiger partial charge >= 0.3 is 0 Å². The molecule has 0 unspecified atom stereocenters. The van der Waals surface area contributed by atoms with Crippen molar-refractivity contribution in [2.45, 2.75) is 43.5 Å². The smallest absolute Gasteiger partial charge is 0.239 e. The molecule has 0 bridgehead atoms. The molecule has 1 atom stereocenters. The number of nitrogens with one attached hydrogen (secondary N) is 1. The number of carbonyl (C=O) groups is 1. The second-order valence-corrected chi connectivity index (χ2v) is 7.01. The minimum absolute atomic E-state index is 0.0862. The molecule has 0 aromatic carbocycles. The van der Waals surface area contributed by atoms with Gasteiger partial charge in [0.25, 0.3) is 0 Å². The Balaban J connectivity index is 2.01. The van der Waals surface area contributed by atoms with Gasteiger partial charge in [-0.05, 0) is 6.42 Å². The first-order chi connectivity index (χ1) is 10.0. The highest BCUT2D eigenvalue weighted by atomic mass is 32.2. The van der Waals surface area contributed by atoms with Crippen LogP contribution in [0.2, 0.25) is 0 Å². The van der Waals surface area contributed by atoms with Gasteiger partial charge in [0, 0.05) is 13.0 Å². The maximum Gasteiger partial charge on any atom is 0.239 e. The maximum atomic E-state index is 12.3. The first kappa shape index (κ1) is 15.9. The van der Waals surface area contributed by atoms with Gasteiger partial charge in [-0.25, -0.2) is 0 Å². The molecule has 2 aromatic rings. The quantitative estimate of drug-likeness (QED) is 0.820. The van der Waals surface area contributed by atoms with E-state index in [1.54, 1.807) is 10.9 Å². The minimum Gasteiger partial charge on any atom is -0.312 e. The van der Waals surface area contributed by atoms with Gasteiger partial charge in [-0.2, -0.15) is 0 Å². The Bertz CT molecular complexity index is 608. The van der Waals surface area contributed by atoms with Gasteiger partial charge < -0.3 is 4.57 Å². The van der Waals surface area contributed by atoms with Crippen LogP contribution in [0.15, 0.2) is 11.5 Å². The average Bonchev–Trinajstić information content (AvgIpc) is 3.05. The monoisotopic (exact) mass is 326 g/mol. The van der Waals surface area contributed by atoms with Crippen LogP contribution in [0.3, 0.4) is 0 Å². The van der Waals surface area contributed by atoms with Crippen LogP contribution in [0.1, 0.15) is 38.1 Å². The standard InChI is InChI=1S/C12H18N6OS2/c1-5-8(20-12-17-13-6-18(12)4)9(19)14-11-16-15-10(21-11)7(2)3/h6-8H,5H2,1-4H3,(H,14,16,19)/t8-/m1/s1. The molecule has 0 aliphatic heterocycles. The fraction of sp³-hybridized carbons (Fsp3) is 0.583. The number of rotatable bonds is 6. The molecule has 2 heterocycles. The fourth-order valence-corrected chi connectivity index (χ4v) is 3.18. The van der Waals surface area contributed by atoms with E-state index >= 15 is 0 Å². The van der Waals surface area contributed by atoms with Gasteiger partial charge in [0.15, 0.2) is 5.16 Å². The lowest BCUT2D eigenvalue weighted by Crippen LogP contribution is -2.24. The molecule has 2 rings (SSSR count). The van der Waals surface area contributed by atoms with E-state index in [1.165, 1.54) is 23.1 Å². The van der Waals surface area contributed by atoms with Gasteiger partial charge in [-0.3, -0.25) is 10.1 Å². The largest absolute Gasteiger partial charge is 0.312 e. The molecule has 114 valence electrons. The van der Waals surface area contributed by atoms with Crippen molar-refractivity contribution in [1.82, 2.24) is 25.0 Å². The third-order valence-corrected chi connectivity index (χ3v) is 5.30. The molecule has 2 aromatic heterocycles. The summed E-state index contributed by atoms with van der Waals surface area (Å²) in [5.41, 5.74) is 0. The Labute approximate surface area is 131 Å². The minimum atomic E-state index is -0.237. The number of aromatic nitrogens is 5. The van der Waals surface area contributed by atoms with Crippen LogP contribution >= 0.6 is 23.1 Å². The Morgan fingerprint density at radius 2 is 2.19 bits per heavy atom. The van der Waals surface area contributed by atoms with Gasteiger partial charge in [-0.15, -0.1) is 20.4 Å². The fourth-order valence-electron chi connectivity index (χ4n) is 1.53. The Morgan fingerprint density at radius 1 is 1.43 bits per heavy atom. The topological polar surface area (TPSA) is 85.6 Å². The molecule has 1 amide bonds. The van der Waals surface area contributed by atoms with Gasteiger partial charge in [0.2, 0.25) is 11.0 Å². The van der Waals surface area contributed by atoms with Crippen molar-refractivity contribution in [3.05, 3.63) is 11.3 Å². The molecular weight excluding hydrogens is 308 g/mol. The zero-order valence-corrected chi connectivity index (χ0v) is 14.0. The van der Waals surface area contributed by atoms with Crippen LogP contribution in [0.4, 0.5) is 5.13 Å². The number of hydrogen-bond donors (Lipinski definition) is 1. The summed E-state index contributed by atoms with van der Waals surface area (Å²) < 4.78 is 1.79. The number of anilines is 1. The van der Waals surface area contributed by atoms with E-state index < -0.39 is 0 Å². The SMILES string of the molecule is CC[C@@H](Sc1nncn1C)C(=O)Nc1nnc(C(C)C)s1. The third kappa shape index (κ3) is 4.01. The third-order valence-electron chi connectivity index (χ3n) is 2.75. The van der Waals surface area contributed by atoms with E-state index in [0.29, 0.717) is 17.5 Å². The van der Waals surface area contributed by atoms with Gasteiger partial charge in [0.05, 0.1) is 5.25 Å². The summed E-state index contributed by atoms with van der Waals surface area (Å²) in [5.74, 6) is 0.222. The van der Waals surface area contributed by atoms with Crippen molar-refractivity contribution in [2.24, 2.45) is 7.05 Å². The van der Waals surface area contributed by atoms with Crippen molar-refractivity contribution in [1.29, 1.82) is 0 Å². The normalized spacial score (nSPS) is 12.6. The van der Waals surface area contributed by atoms with Crippen LogP contribution < -0.4 is 5.32 Å². The molecule has 0 radical (unpaired) electrons. The van der Waals surface area contributed by atoms with Crippen LogP contribution in [0, 0.1) is 0 Å². The zero-order chi connectivity index (χ0) is 15.4. The highest BCUT2D eigenvalue weighted by molar-refractivity contribution is 8.00. The lowest BCUT2D eigenvalue weighted by atomic mass is 10.2. The summed E-state index contributed by atoms with van der Waals surface area (Å²) in [5, 5.41) is 20.6. The number of hydrogen-bond acceptors (Lipinski definition) is 7. The maximum absolute atomic E-state index is 12.3. The first-order valence-corrected chi connectivity index (χ1v) is 8.35. The molecule has 0 aliphatic rings. The zero-order valence-electron chi connectivity index (χ0n) is 12.4. The Hall–Kier alpha value is -1.48. The first-order valence-electron chi connectivity index (χ1n) is 6.66. The molecular formula is C12H18N6OS2. The Morgan fingerprint density at radius 3 is 2.71 bits per heavy atom. The van der Waals surface area contributed by atoms with E-state index in [9.17, 15) is 4.79 Å². The van der Waals surface area contributed by atoms with Gasteiger partial charge in [0.1, 0.15) is 11.3 Å². The molecule has 0 spiro atoms. The summed E-state index contributed by atoms with van der Waals surface area (Å²) in [6.45, 7) is 6.06. The van der Waals surface area contributed by atoms with Crippen molar-refractivity contribution >= 4 is 34.1 Å². The molecule has 7 nitrogen and oxygen atoms in total. The summed E-state index contributed by atoms with van der Waals surface area (Å²) in [6.07, 6.45) is 2.31. The van der Waals surface area contributed by atoms with Crippen molar-refractivity contribution in [3.63, 3.8) is 0 Å². The van der Waals surface area contributed by atoms with Crippen molar-refractivity contribution in [3.8, 4) is 0 Å². The van der Waals surface area contributed by atoms with Crippen LogP contribution in [0.25, 0.3) is 0 Å². The summed E-state index contributed by atoms with van der Waals surface area (Å²) in [6, 6.07) is 0. The number of nitrogens with zero attached hydrogens (tertiary/aromatic N) is 5. The van der Waals surface area contributed by atoms with Crippen LogP contribution in [0.5, 0.6) is 0 Å². The number of thioether (sulfide) groups is 1. The lowest BCUT2D eigenvalue weighted by molar-refractivity contribution is -0.115.